The lowest BCUT2D eigenvalue weighted by Crippen LogP contribution is -2.07. The van der Waals surface area contributed by atoms with E-state index in [2.05, 4.69) is 17.2 Å². The number of thiophene rings is 1. The van der Waals surface area contributed by atoms with E-state index in [4.69, 9.17) is 23.2 Å². The van der Waals surface area contributed by atoms with Crippen molar-refractivity contribution in [2.75, 3.05) is 5.32 Å². The van der Waals surface area contributed by atoms with Crippen molar-refractivity contribution in [1.29, 1.82) is 0 Å². The van der Waals surface area contributed by atoms with E-state index in [-0.39, 0.29) is 6.04 Å². The van der Waals surface area contributed by atoms with E-state index >= 15 is 0 Å². The van der Waals surface area contributed by atoms with Gasteiger partial charge in [-0.3, -0.25) is 0 Å². The number of halogens is 2. The standard InChI is InChI=1S/C12H12Cl2N2S/c1-7-3-4-15-12(14)11(7)16-8(2)9-5-10(13)17-6-9/h3-6,8,16H,1-2H3. The highest BCUT2D eigenvalue weighted by Gasteiger charge is 2.11. The fraction of sp³-hybridized carbons (Fsp3) is 0.250. The number of pyridine rings is 1. The van der Waals surface area contributed by atoms with E-state index in [0.717, 1.165) is 21.2 Å². The fourth-order valence-electron chi connectivity index (χ4n) is 1.55. The molecular formula is C12H12Cl2N2S. The van der Waals surface area contributed by atoms with Crippen molar-refractivity contribution in [1.82, 2.24) is 4.98 Å². The molecule has 0 saturated heterocycles. The SMILES string of the molecule is Cc1ccnc(Cl)c1NC(C)c1csc(Cl)c1. The van der Waals surface area contributed by atoms with Gasteiger partial charge < -0.3 is 5.32 Å². The highest BCUT2D eigenvalue weighted by Crippen LogP contribution is 2.30. The summed E-state index contributed by atoms with van der Waals surface area (Å²) in [6.45, 7) is 4.07. The number of aryl methyl sites for hydroxylation is 1. The summed E-state index contributed by atoms with van der Waals surface area (Å²) in [5.41, 5.74) is 3.11. The molecule has 0 aliphatic rings. The summed E-state index contributed by atoms with van der Waals surface area (Å²) in [4.78, 5) is 4.07. The van der Waals surface area contributed by atoms with Crippen LogP contribution in [0.1, 0.15) is 24.1 Å². The lowest BCUT2D eigenvalue weighted by Gasteiger charge is -2.16. The molecule has 0 aliphatic carbocycles. The summed E-state index contributed by atoms with van der Waals surface area (Å²) < 4.78 is 0.794. The third-order valence-corrected chi connectivity index (χ3v) is 3.96. The van der Waals surface area contributed by atoms with E-state index in [1.807, 2.05) is 24.4 Å². The molecule has 1 atom stereocenters. The highest BCUT2D eigenvalue weighted by atomic mass is 35.5. The molecule has 0 amide bonds. The lowest BCUT2D eigenvalue weighted by molar-refractivity contribution is 0.886. The number of anilines is 1. The first-order chi connectivity index (χ1) is 8.08. The van der Waals surface area contributed by atoms with Crippen molar-refractivity contribution in [2.24, 2.45) is 0 Å². The van der Waals surface area contributed by atoms with Gasteiger partial charge in [-0.05, 0) is 42.5 Å². The summed E-state index contributed by atoms with van der Waals surface area (Å²) in [5.74, 6) is 0. The van der Waals surface area contributed by atoms with Gasteiger partial charge in [0.05, 0.1) is 10.0 Å². The van der Waals surface area contributed by atoms with Crippen LogP contribution >= 0.6 is 34.5 Å². The second-order valence-electron chi connectivity index (χ2n) is 3.84. The Morgan fingerprint density at radius 2 is 2.18 bits per heavy atom. The molecule has 0 saturated carbocycles. The van der Waals surface area contributed by atoms with E-state index in [9.17, 15) is 0 Å². The van der Waals surface area contributed by atoms with Gasteiger partial charge in [0.15, 0.2) is 5.15 Å². The van der Waals surface area contributed by atoms with Gasteiger partial charge in [0.1, 0.15) is 0 Å². The first-order valence-electron chi connectivity index (χ1n) is 5.19. The van der Waals surface area contributed by atoms with Gasteiger partial charge in [-0.25, -0.2) is 4.98 Å². The quantitative estimate of drug-likeness (QED) is 0.809. The zero-order valence-corrected chi connectivity index (χ0v) is 11.8. The van der Waals surface area contributed by atoms with Gasteiger partial charge in [0.2, 0.25) is 0 Å². The molecule has 2 aromatic rings. The zero-order valence-electron chi connectivity index (χ0n) is 9.50. The number of nitrogens with zero attached hydrogens (tertiary/aromatic N) is 1. The molecule has 1 unspecified atom stereocenters. The van der Waals surface area contributed by atoms with Crippen molar-refractivity contribution in [3.05, 3.63) is 44.3 Å². The molecule has 2 nitrogen and oxygen atoms in total. The second kappa shape index (κ2) is 5.25. The van der Waals surface area contributed by atoms with Crippen molar-refractivity contribution in [3.63, 3.8) is 0 Å². The smallest absolute Gasteiger partial charge is 0.152 e. The monoisotopic (exact) mass is 286 g/mol. The van der Waals surface area contributed by atoms with Crippen molar-refractivity contribution in [3.8, 4) is 0 Å². The Labute approximate surface area is 115 Å². The van der Waals surface area contributed by atoms with Crippen LogP contribution in [0.15, 0.2) is 23.7 Å². The third kappa shape index (κ3) is 2.92. The van der Waals surface area contributed by atoms with Crippen molar-refractivity contribution in [2.45, 2.75) is 19.9 Å². The van der Waals surface area contributed by atoms with Crippen LogP contribution in [0, 0.1) is 6.92 Å². The molecule has 90 valence electrons. The maximum absolute atomic E-state index is 6.07. The van der Waals surface area contributed by atoms with Crippen LogP contribution in [0.3, 0.4) is 0 Å². The van der Waals surface area contributed by atoms with Crippen LogP contribution in [0.4, 0.5) is 5.69 Å². The molecule has 2 rings (SSSR count). The summed E-state index contributed by atoms with van der Waals surface area (Å²) in [6.07, 6.45) is 1.70. The van der Waals surface area contributed by atoms with Gasteiger partial charge in [-0.2, -0.15) is 0 Å². The summed E-state index contributed by atoms with van der Waals surface area (Å²) in [5, 5.41) is 5.90. The lowest BCUT2D eigenvalue weighted by atomic mass is 10.1. The molecule has 17 heavy (non-hydrogen) atoms. The predicted molar refractivity (Wildman–Crippen MR) is 75.4 cm³/mol. The first-order valence-corrected chi connectivity index (χ1v) is 6.83. The molecular weight excluding hydrogens is 275 g/mol. The Hall–Kier alpha value is -0.770. The number of nitrogens with one attached hydrogen (secondary N) is 1. The largest absolute Gasteiger partial charge is 0.376 e. The van der Waals surface area contributed by atoms with Crippen LogP contribution in [0.5, 0.6) is 0 Å². The van der Waals surface area contributed by atoms with Crippen LogP contribution in [0.25, 0.3) is 0 Å². The number of aromatic nitrogens is 1. The van der Waals surface area contributed by atoms with Gasteiger partial charge in [0.25, 0.3) is 0 Å². The Morgan fingerprint density at radius 1 is 1.41 bits per heavy atom. The normalized spacial score (nSPS) is 12.5. The van der Waals surface area contributed by atoms with Gasteiger partial charge in [-0.15, -0.1) is 11.3 Å². The predicted octanol–water partition coefficient (Wildman–Crippen LogP) is 4.93. The minimum atomic E-state index is 0.152. The molecule has 0 aliphatic heterocycles. The number of hydrogen-bond acceptors (Lipinski definition) is 3. The third-order valence-electron chi connectivity index (χ3n) is 2.56. The maximum Gasteiger partial charge on any atom is 0.152 e. The topological polar surface area (TPSA) is 24.9 Å². The van der Waals surface area contributed by atoms with Gasteiger partial charge >= 0.3 is 0 Å². The van der Waals surface area contributed by atoms with Crippen LogP contribution in [0.2, 0.25) is 9.49 Å². The molecule has 2 aromatic heterocycles. The minimum absolute atomic E-state index is 0.152. The molecule has 2 heterocycles. The molecule has 0 aromatic carbocycles. The molecule has 0 bridgehead atoms. The Kier molecular flexibility index (Phi) is 3.92. The van der Waals surface area contributed by atoms with Crippen molar-refractivity contribution >= 4 is 40.2 Å². The second-order valence-corrected chi connectivity index (χ2v) is 5.74. The van der Waals surface area contributed by atoms with E-state index < -0.39 is 0 Å². The van der Waals surface area contributed by atoms with Gasteiger partial charge in [-0.1, -0.05) is 23.2 Å². The Bertz CT molecular complexity index is 505. The molecule has 0 radical (unpaired) electrons. The van der Waals surface area contributed by atoms with E-state index in [1.165, 1.54) is 11.3 Å². The average Bonchev–Trinajstić information content (AvgIpc) is 2.70. The molecule has 1 N–H and O–H groups in total. The van der Waals surface area contributed by atoms with E-state index in [1.54, 1.807) is 6.20 Å². The summed E-state index contributed by atoms with van der Waals surface area (Å²) in [6, 6.07) is 4.05. The van der Waals surface area contributed by atoms with Gasteiger partial charge in [0, 0.05) is 12.2 Å². The van der Waals surface area contributed by atoms with Crippen molar-refractivity contribution < 1.29 is 0 Å². The Balaban J connectivity index is 2.21. The highest BCUT2D eigenvalue weighted by molar-refractivity contribution is 7.14. The number of rotatable bonds is 3. The number of hydrogen-bond donors (Lipinski definition) is 1. The molecule has 0 fully saturated rings. The summed E-state index contributed by atoms with van der Waals surface area (Å²) >= 11 is 13.5. The maximum atomic E-state index is 6.07. The van der Waals surface area contributed by atoms with Crippen LogP contribution < -0.4 is 5.32 Å². The molecule has 5 heteroatoms. The first kappa shape index (κ1) is 12.7. The summed E-state index contributed by atoms with van der Waals surface area (Å²) in [7, 11) is 0. The van der Waals surface area contributed by atoms with Crippen LogP contribution in [-0.4, -0.2) is 4.98 Å². The Morgan fingerprint density at radius 3 is 2.76 bits per heavy atom. The zero-order chi connectivity index (χ0) is 12.4. The van der Waals surface area contributed by atoms with E-state index in [0.29, 0.717) is 5.15 Å². The average molecular weight is 287 g/mol. The fourth-order valence-corrected chi connectivity index (χ4v) is 2.79. The van der Waals surface area contributed by atoms with Crippen LogP contribution in [-0.2, 0) is 0 Å². The minimum Gasteiger partial charge on any atom is -0.376 e. The molecule has 0 spiro atoms.